The lowest BCUT2D eigenvalue weighted by Gasteiger charge is -2.14. The molecule has 0 spiro atoms. The van der Waals surface area contributed by atoms with Gasteiger partial charge in [-0.25, -0.2) is 9.07 Å². The Hall–Kier alpha value is -3.88. The van der Waals surface area contributed by atoms with E-state index in [0.29, 0.717) is 22.4 Å². The summed E-state index contributed by atoms with van der Waals surface area (Å²) in [6.07, 6.45) is -3.23. The van der Waals surface area contributed by atoms with Crippen molar-refractivity contribution in [3.63, 3.8) is 0 Å². The highest BCUT2D eigenvalue weighted by Crippen LogP contribution is 2.34. The van der Waals surface area contributed by atoms with E-state index in [9.17, 15) is 39.6 Å². The van der Waals surface area contributed by atoms with Crippen LogP contribution in [0.4, 0.5) is 32.0 Å². The number of benzene rings is 2. The largest absolute Gasteiger partial charge is 0.417 e. The first-order valence-electron chi connectivity index (χ1n) is 9.55. The highest BCUT2D eigenvalue weighted by atomic mass is 32.2. The molecule has 2 aromatic carbocycles. The van der Waals surface area contributed by atoms with E-state index in [0.717, 1.165) is 18.3 Å². The summed E-state index contributed by atoms with van der Waals surface area (Å²) in [6, 6.07) is 5.68. The predicted octanol–water partition coefficient (Wildman–Crippen LogP) is 4.58. The average molecular weight is 517 g/mol. The second-order valence-electron chi connectivity index (χ2n) is 7.22. The molecule has 0 fully saturated rings. The van der Waals surface area contributed by atoms with Gasteiger partial charge in [0.2, 0.25) is 0 Å². The first-order chi connectivity index (χ1) is 16.3. The predicted molar refractivity (Wildman–Crippen MR) is 110 cm³/mol. The Kier molecular flexibility index (Phi) is 5.82. The SMILES string of the molecule is Cc1nn(C(F)F)cc1S(=O)(=O)n1ncc2ccc(NC(=O)c3c(F)cccc3C(F)(F)F)cc21. The van der Waals surface area contributed by atoms with Gasteiger partial charge >= 0.3 is 12.7 Å². The molecule has 0 aliphatic carbocycles. The molecule has 1 amide bonds. The van der Waals surface area contributed by atoms with Gasteiger partial charge in [0.1, 0.15) is 10.7 Å². The standard InChI is InChI=1S/C20H13F6N5O3S/c1-10-16(9-30(29-10)19(22)23)35(33,34)31-15-7-12(6-5-11(15)8-27-31)28-18(32)17-13(20(24,25)26)3-2-4-14(17)21/h2-9,19H,1H3,(H,28,32). The zero-order valence-corrected chi connectivity index (χ0v) is 18.2. The number of fused-ring (bicyclic) bond motifs is 1. The first kappa shape index (κ1) is 24.3. The quantitative estimate of drug-likeness (QED) is 0.391. The Morgan fingerprint density at radius 2 is 1.86 bits per heavy atom. The van der Waals surface area contributed by atoms with Gasteiger partial charge in [0.25, 0.3) is 15.9 Å². The Balaban J connectivity index is 1.75. The summed E-state index contributed by atoms with van der Waals surface area (Å²) in [7, 11) is -4.53. The molecule has 184 valence electrons. The smallest absolute Gasteiger partial charge is 0.322 e. The van der Waals surface area contributed by atoms with Crippen molar-refractivity contribution in [2.45, 2.75) is 24.5 Å². The minimum Gasteiger partial charge on any atom is -0.322 e. The van der Waals surface area contributed by atoms with Gasteiger partial charge in [0.05, 0.1) is 34.7 Å². The third kappa shape index (κ3) is 4.34. The van der Waals surface area contributed by atoms with Crippen LogP contribution in [0.15, 0.2) is 53.7 Å². The van der Waals surface area contributed by atoms with E-state index in [4.69, 9.17) is 0 Å². The maximum absolute atomic E-state index is 14.1. The van der Waals surface area contributed by atoms with Crippen LogP contribution in [0.5, 0.6) is 0 Å². The maximum Gasteiger partial charge on any atom is 0.417 e. The van der Waals surface area contributed by atoms with Gasteiger partial charge in [-0.3, -0.25) is 4.79 Å². The number of aryl methyl sites for hydroxylation is 1. The van der Waals surface area contributed by atoms with Crippen LogP contribution in [0.2, 0.25) is 0 Å². The van der Waals surface area contributed by atoms with Gasteiger partial charge in [-0.1, -0.05) is 6.07 Å². The lowest BCUT2D eigenvalue weighted by molar-refractivity contribution is -0.138. The van der Waals surface area contributed by atoms with Crippen LogP contribution in [0.1, 0.15) is 28.2 Å². The Morgan fingerprint density at radius 1 is 1.14 bits per heavy atom. The van der Waals surface area contributed by atoms with Gasteiger partial charge in [0.15, 0.2) is 0 Å². The molecule has 0 unspecified atom stereocenters. The maximum atomic E-state index is 14.1. The highest BCUT2D eigenvalue weighted by Gasteiger charge is 2.37. The van der Waals surface area contributed by atoms with E-state index < -0.39 is 50.5 Å². The topological polar surface area (TPSA) is 98.9 Å². The van der Waals surface area contributed by atoms with Crippen molar-refractivity contribution >= 4 is 32.5 Å². The summed E-state index contributed by atoms with van der Waals surface area (Å²) in [6.45, 7) is -1.88. The van der Waals surface area contributed by atoms with Gasteiger partial charge in [0, 0.05) is 11.1 Å². The van der Waals surface area contributed by atoms with Crippen LogP contribution in [-0.2, 0) is 16.2 Å². The number of hydrogen-bond donors (Lipinski definition) is 1. The van der Waals surface area contributed by atoms with Crippen molar-refractivity contribution in [2.75, 3.05) is 5.32 Å². The summed E-state index contributed by atoms with van der Waals surface area (Å²) in [4.78, 5) is 12.0. The first-order valence-corrected chi connectivity index (χ1v) is 11.0. The van der Waals surface area contributed by atoms with Gasteiger partial charge < -0.3 is 5.32 Å². The number of nitrogens with zero attached hydrogens (tertiary/aromatic N) is 4. The molecule has 15 heteroatoms. The number of nitrogens with one attached hydrogen (secondary N) is 1. The number of hydrogen-bond acceptors (Lipinski definition) is 5. The molecular formula is C20H13F6N5O3S. The molecule has 0 radical (unpaired) electrons. The zero-order valence-electron chi connectivity index (χ0n) is 17.4. The van der Waals surface area contributed by atoms with E-state index >= 15 is 0 Å². The number of anilines is 1. The van der Waals surface area contributed by atoms with E-state index in [2.05, 4.69) is 15.5 Å². The van der Waals surface area contributed by atoms with Crippen molar-refractivity contribution in [2.24, 2.45) is 0 Å². The number of aromatic nitrogens is 4. The van der Waals surface area contributed by atoms with Crippen LogP contribution in [0.25, 0.3) is 10.9 Å². The van der Waals surface area contributed by atoms with Crippen LogP contribution in [0.3, 0.4) is 0 Å². The summed E-state index contributed by atoms with van der Waals surface area (Å²) >= 11 is 0. The Labute approximate surface area is 192 Å². The fourth-order valence-corrected chi connectivity index (χ4v) is 4.79. The lowest BCUT2D eigenvalue weighted by Crippen LogP contribution is -2.20. The van der Waals surface area contributed by atoms with Gasteiger partial charge in [-0.15, -0.1) is 0 Å². The van der Waals surface area contributed by atoms with Crippen molar-refractivity contribution in [1.29, 1.82) is 0 Å². The molecule has 0 bridgehead atoms. The van der Waals surface area contributed by atoms with E-state index in [1.807, 2.05) is 0 Å². The number of carbonyl (C=O) groups excluding carboxylic acids is 1. The van der Waals surface area contributed by atoms with Gasteiger partial charge in [-0.05, 0) is 37.3 Å². The number of amides is 1. The molecule has 2 aromatic heterocycles. The Bertz CT molecular complexity index is 1560. The zero-order chi connectivity index (χ0) is 25.7. The van der Waals surface area contributed by atoms with Gasteiger partial charge in [-0.2, -0.15) is 44.7 Å². The van der Waals surface area contributed by atoms with Crippen LogP contribution >= 0.6 is 0 Å². The minimum atomic E-state index is -5.01. The molecule has 0 aliphatic heterocycles. The molecule has 4 aromatic rings. The van der Waals surface area contributed by atoms with Crippen LogP contribution < -0.4 is 5.32 Å². The molecule has 35 heavy (non-hydrogen) atoms. The monoisotopic (exact) mass is 517 g/mol. The number of alkyl halides is 5. The number of rotatable bonds is 5. The molecule has 2 heterocycles. The third-order valence-electron chi connectivity index (χ3n) is 4.92. The lowest BCUT2D eigenvalue weighted by atomic mass is 10.1. The minimum absolute atomic E-state index is 0.128. The van der Waals surface area contributed by atoms with E-state index in [1.165, 1.54) is 19.1 Å². The normalized spacial score (nSPS) is 12.5. The van der Waals surface area contributed by atoms with Crippen molar-refractivity contribution in [3.05, 3.63) is 71.4 Å². The molecular weight excluding hydrogens is 504 g/mol. The second-order valence-corrected chi connectivity index (χ2v) is 8.95. The molecule has 0 saturated carbocycles. The van der Waals surface area contributed by atoms with Crippen LogP contribution in [0, 0.1) is 12.7 Å². The molecule has 0 saturated heterocycles. The molecule has 8 nitrogen and oxygen atoms in total. The highest BCUT2D eigenvalue weighted by molar-refractivity contribution is 7.90. The average Bonchev–Trinajstić information content (AvgIpc) is 3.37. The summed E-state index contributed by atoms with van der Waals surface area (Å²) < 4.78 is 107. The summed E-state index contributed by atoms with van der Waals surface area (Å²) in [5, 5.41) is 9.57. The van der Waals surface area contributed by atoms with E-state index in [-0.39, 0.29) is 27.0 Å². The second kappa shape index (κ2) is 8.41. The number of halogens is 6. The summed E-state index contributed by atoms with van der Waals surface area (Å²) in [5.41, 5.74) is -3.25. The Morgan fingerprint density at radius 3 is 2.49 bits per heavy atom. The number of carbonyl (C=O) groups is 1. The van der Waals surface area contributed by atoms with E-state index in [1.54, 1.807) is 0 Å². The molecule has 0 aliphatic rings. The third-order valence-corrected chi connectivity index (χ3v) is 6.62. The van der Waals surface area contributed by atoms with Crippen molar-refractivity contribution in [3.8, 4) is 0 Å². The fraction of sp³-hybridized carbons (Fsp3) is 0.150. The summed E-state index contributed by atoms with van der Waals surface area (Å²) in [5.74, 6) is -2.82. The fourth-order valence-electron chi connectivity index (χ4n) is 3.36. The molecule has 1 N–H and O–H groups in total. The molecule has 4 rings (SSSR count). The molecule has 0 atom stereocenters. The van der Waals surface area contributed by atoms with Crippen molar-refractivity contribution < 1.29 is 39.6 Å². The van der Waals surface area contributed by atoms with Crippen LogP contribution in [-0.4, -0.2) is 33.3 Å². The van der Waals surface area contributed by atoms with Crippen molar-refractivity contribution in [1.82, 2.24) is 19.0 Å².